The summed E-state index contributed by atoms with van der Waals surface area (Å²) in [5, 5.41) is 70.1. The van der Waals surface area contributed by atoms with E-state index in [2.05, 4.69) is 0 Å². The Morgan fingerprint density at radius 1 is 0.935 bits per heavy atom. The number of rotatable bonds is 10. The van der Waals surface area contributed by atoms with Gasteiger partial charge in [0.2, 0.25) is 0 Å². The summed E-state index contributed by atoms with van der Waals surface area (Å²) in [6.45, 7) is -0.918. The predicted molar refractivity (Wildman–Crippen MR) is 160 cm³/mol. The summed E-state index contributed by atoms with van der Waals surface area (Å²) >= 11 is 0. The van der Waals surface area contributed by atoms with E-state index in [0.717, 1.165) is 6.08 Å². The van der Waals surface area contributed by atoms with E-state index >= 15 is 0 Å². The van der Waals surface area contributed by atoms with Gasteiger partial charge in [0.15, 0.2) is 40.2 Å². The highest BCUT2D eigenvalue weighted by atomic mass is 16.6. The Labute approximate surface area is 263 Å². The third kappa shape index (κ3) is 6.37. The van der Waals surface area contributed by atoms with Crippen molar-refractivity contribution in [1.29, 1.82) is 0 Å². The molecule has 2 aromatic rings. The van der Waals surface area contributed by atoms with Crippen LogP contribution in [0.25, 0.3) is 12.2 Å². The van der Waals surface area contributed by atoms with Gasteiger partial charge in [-0.2, -0.15) is 0 Å². The number of phenolic OH excluding ortho intramolecular Hbond substituents is 4. The number of carbonyl (C=O) groups excluding carboxylic acids is 2. The van der Waals surface area contributed by atoms with Crippen molar-refractivity contribution < 1.29 is 64.3 Å². The van der Waals surface area contributed by atoms with Gasteiger partial charge in [-0.3, -0.25) is 9.59 Å². The number of hydrogen-bond donors (Lipinski definition) is 7. The molecule has 2 bridgehead atoms. The quantitative estimate of drug-likeness (QED) is 0.146. The van der Waals surface area contributed by atoms with Gasteiger partial charge in [-0.05, 0) is 78.8 Å². The predicted octanol–water partition coefficient (Wildman–Crippen LogP) is 2.18. The lowest BCUT2D eigenvalue weighted by atomic mass is 9.65. The average molecular weight is 641 g/mol. The first-order valence-corrected chi connectivity index (χ1v) is 14.8. The summed E-state index contributed by atoms with van der Waals surface area (Å²) in [6.07, 6.45) is 2.32. The fraction of sp³-hybridized carbons (Fsp3) is 0.424. The summed E-state index contributed by atoms with van der Waals surface area (Å²) < 4.78 is 18.2. The van der Waals surface area contributed by atoms with Crippen LogP contribution in [0.1, 0.15) is 48.8 Å². The van der Waals surface area contributed by atoms with E-state index in [1.54, 1.807) is 0 Å². The third-order valence-corrected chi connectivity index (χ3v) is 9.03. The lowest BCUT2D eigenvalue weighted by Gasteiger charge is -2.56. The molecule has 3 fully saturated rings. The molecule has 6 atom stereocenters. The number of aliphatic hydroxyl groups excluding tert-OH is 2. The van der Waals surface area contributed by atoms with Crippen LogP contribution in [0.2, 0.25) is 0 Å². The molecule has 5 rings (SSSR count). The second kappa shape index (κ2) is 13.2. The van der Waals surface area contributed by atoms with Crippen molar-refractivity contribution in [3.63, 3.8) is 0 Å². The first kappa shape index (κ1) is 33.1. The summed E-state index contributed by atoms with van der Waals surface area (Å²) in [4.78, 5) is 39.3. The molecular weight excluding hydrogens is 604 g/mol. The second-order valence-corrected chi connectivity index (χ2v) is 11.9. The molecule has 3 aliphatic rings. The molecule has 7 N–H and O–H groups in total. The van der Waals surface area contributed by atoms with E-state index in [9.17, 15) is 50.1 Å². The van der Waals surface area contributed by atoms with Gasteiger partial charge in [0.1, 0.15) is 18.3 Å². The van der Waals surface area contributed by atoms with E-state index in [-0.39, 0.29) is 49.4 Å². The fourth-order valence-corrected chi connectivity index (χ4v) is 6.62. The van der Waals surface area contributed by atoms with Crippen LogP contribution in [0.3, 0.4) is 0 Å². The molecule has 2 aliphatic heterocycles. The SMILES string of the molecule is O=C(/C=C/c1ccc(O)c(O)c1)CO[C@@]1(C(=O)O)C[C@@H](O)[C@H]2OCCC[C@]3(C(=O)/C=C/c4cc(O)c(O)cc4CO)CC[C@@H]1[C@H]2O3. The number of hydrogen-bond acceptors (Lipinski definition) is 12. The van der Waals surface area contributed by atoms with Crippen LogP contribution in [0.5, 0.6) is 23.0 Å². The molecule has 0 spiro atoms. The lowest BCUT2D eigenvalue weighted by molar-refractivity contribution is -0.283. The number of carboxylic acid groups (broad SMARTS) is 1. The molecule has 1 saturated carbocycles. The summed E-state index contributed by atoms with van der Waals surface area (Å²) in [5.74, 6) is -4.87. The van der Waals surface area contributed by atoms with Crippen molar-refractivity contribution in [3.8, 4) is 23.0 Å². The van der Waals surface area contributed by atoms with Crippen molar-refractivity contribution in [3.05, 3.63) is 59.2 Å². The normalized spacial score (nSPS) is 29.3. The standard InChI is InChI=1S/C33H36O13/c34-16-20-14-26(39)25(38)13-19(20)4-7-28(41)32-9-1-11-44-30-27(40)15-33(31(42)43,22(8-10-32)29(30)46-32)45-17-21(35)5-2-18-3-6-23(36)24(37)12-18/h2-7,12-14,22,27,29-30,34,36-40H,1,8-11,15-17H2,(H,42,43)/b5-2+,7-4+/t22-,27-,29-,30-,32-,33+/m1/s1. The molecule has 0 amide bonds. The molecule has 246 valence electrons. The highest BCUT2D eigenvalue weighted by molar-refractivity contribution is 6.00. The van der Waals surface area contributed by atoms with Crippen molar-refractivity contribution in [2.24, 2.45) is 5.92 Å². The van der Waals surface area contributed by atoms with Crippen LogP contribution < -0.4 is 0 Å². The van der Waals surface area contributed by atoms with Gasteiger partial charge in [0.25, 0.3) is 0 Å². The van der Waals surface area contributed by atoms with Crippen LogP contribution in [-0.4, -0.2) is 96.0 Å². The zero-order valence-electron chi connectivity index (χ0n) is 24.7. The number of benzene rings is 2. The van der Waals surface area contributed by atoms with Gasteiger partial charge in [-0.15, -0.1) is 0 Å². The van der Waals surface area contributed by atoms with Gasteiger partial charge in [-0.1, -0.05) is 18.2 Å². The van der Waals surface area contributed by atoms with Gasteiger partial charge >= 0.3 is 5.97 Å². The Hall–Kier alpha value is -4.27. The van der Waals surface area contributed by atoms with Crippen molar-refractivity contribution in [2.75, 3.05) is 13.2 Å². The smallest absolute Gasteiger partial charge is 0.336 e. The maximum Gasteiger partial charge on any atom is 0.336 e. The fourth-order valence-electron chi connectivity index (χ4n) is 6.62. The Bertz CT molecular complexity index is 1560. The molecule has 2 aromatic carbocycles. The minimum Gasteiger partial charge on any atom is -0.504 e. The minimum absolute atomic E-state index is 0.116. The molecular formula is C33H36O13. The van der Waals surface area contributed by atoms with E-state index in [0.29, 0.717) is 17.5 Å². The number of carboxylic acids is 1. The van der Waals surface area contributed by atoms with Crippen molar-refractivity contribution >= 4 is 29.7 Å². The van der Waals surface area contributed by atoms with Crippen molar-refractivity contribution in [2.45, 2.75) is 68.2 Å². The highest BCUT2D eigenvalue weighted by Gasteiger charge is 2.64. The largest absolute Gasteiger partial charge is 0.504 e. The molecule has 2 saturated heterocycles. The van der Waals surface area contributed by atoms with Crippen LogP contribution >= 0.6 is 0 Å². The number of aliphatic carboxylic acids is 1. The lowest BCUT2D eigenvalue weighted by Crippen LogP contribution is -2.69. The molecule has 46 heavy (non-hydrogen) atoms. The third-order valence-electron chi connectivity index (χ3n) is 9.03. The van der Waals surface area contributed by atoms with E-state index in [4.69, 9.17) is 14.2 Å². The monoisotopic (exact) mass is 640 g/mol. The Kier molecular flexibility index (Phi) is 9.52. The minimum atomic E-state index is -2.03. The first-order chi connectivity index (χ1) is 21.9. The zero-order valence-corrected chi connectivity index (χ0v) is 24.7. The number of ketones is 2. The molecule has 13 nitrogen and oxygen atoms in total. The summed E-state index contributed by atoms with van der Waals surface area (Å²) in [5.41, 5.74) is -2.43. The van der Waals surface area contributed by atoms with E-state index < -0.39 is 77.7 Å². The Morgan fingerprint density at radius 2 is 1.67 bits per heavy atom. The maximum atomic E-state index is 13.7. The van der Waals surface area contributed by atoms with Crippen LogP contribution in [0, 0.1) is 5.92 Å². The molecule has 0 unspecified atom stereocenters. The Balaban J connectivity index is 1.37. The van der Waals surface area contributed by atoms with Gasteiger partial charge < -0.3 is 50.0 Å². The average Bonchev–Trinajstić information content (AvgIpc) is 3.02. The highest BCUT2D eigenvalue weighted by Crippen LogP contribution is 2.50. The number of aliphatic hydroxyl groups is 2. The topological polar surface area (TPSA) is 221 Å². The molecule has 1 aliphatic carbocycles. The van der Waals surface area contributed by atoms with Crippen molar-refractivity contribution in [1.82, 2.24) is 0 Å². The van der Waals surface area contributed by atoms with Crippen LogP contribution in [-0.2, 0) is 35.2 Å². The van der Waals surface area contributed by atoms with Crippen LogP contribution in [0.15, 0.2) is 42.5 Å². The maximum absolute atomic E-state index is 13.7. The number of aromatic hydroxyl groups is 4. The molecule has 0 radical (unpaired) electrons. The number of phenols is 4. The van der Waals surface area contributed by atoms with Crippen LogP contribution in [0.4, 0.5) is 0 Å². The van der Waals surface area contributed by atoms with Gasteiger partial charge in [0, 0.05) is 18.9 Å². The molecule has 2 heterocycles. The molecule has 13 heteroatoms. The summed E-state index contributed by atoms with van der Waals surface area (Å²) in [7, 11) is 0. The zero-order chi connectivity index (χ0) is 33.2. The second-order valence-electron chi connectivity index (χ2n) is 11.9. The van der Waals surface area contributed by atoms with E-state index in [1.807, 2.05) is 0 Å². The number of fused-ring (bicyclic) bond motifs is 1. The number of carbonyl (C=O) groups is 3. The first-order valence-electron chi connectivity index (χ1n) is 14.8. The Morgan fingerprint density at radius 3 is 2.39 bits per heavy atom. The number of ether oxygens (including phenoxy) is 3. The molecule has 0 aromatic heterocycles. The van der Waals surface area contributed by atoms with E-state index in [1.165, 1.54) is 48.6 Å². The summed E-state index contributed by atoms with van der Waals surface area (Å²) in [6, 6.07) is 6.36. The van der Waals surface area contributed by atoms with Gasteiger partial charge in [-0.25, -0.2) is 4.79 Å². The van der Waals surface area contributed by atoms with Gasteiger partial charge in [0.05, 0.1) is 18.8 Å².